The number of nitrogens with two attached hydrogens (primary N) is 2. The zero-order chi connectivity index (χ0) is 40.7. The normalized spacial score (nSPS) is 18.1. The lowest BCUT2D eigenvalue weighted by Gasteiger charge is -2.38. The van der Waals surface area contributed by atoms with E-state index in [1.807, 2.05) is 110 Å². The number of hydrogen-bond donors (Lipinski definition) is 4. The smallest absolute Gasteiger partial charge is 0.244 e. The number of unbranched alkanes of at least 4 members (excludes halogenated alkanes) is 1. The van der Waals surface area contributed by atoms with Crippen molar-refractivity contribution in [2.45, 2.75) is 96.2 Å². The van der Waals surface area contributed by atoms with Crippen LogP contribution in [-0.2, 0) is 36.8 Å². The van der Waals surface area contributed by atoms with E-state index >= 15 is 0 Å². The molecule has 11 nitrogen and oxygen atoms in total. The van der Waals surface area contributed by atoms with Gasteiger partial charge in [0.25, 0.3) is 0 Å². The maximum absolute atomic E-state index is 14.2. The molecule has 11 heteroatoms. The fourth-order valence-corrected chi connectivity index (χ4v) is 8.34. The number of piperidine rings is 1. The Bertz CT molecular complexity index is 1750. The van der Waals surface area contributed by atoms with Crippen LogP contribution < -0.4 is 27.0 Å². The van der Waals surface area contributed by atoms with Gasteiger partial charge in [-0.15, -0.1) is 0 Å². The van der Waals surface area contributed by atoms with Gasteiger partial charge in [0.15, 0.2) is 11.6 Å². The average molecular weight is 779 g/mol. The largest absolute Gasteiger partial charge is 0.346 e. The highest BCUT2D eigenvalue weighted by atomic mass is 16.2. The highest BCUT2D eigenvalue weighted by molar-refractivity contribution is 5.95. The molecule has 0 aromatic heterocycles. The zero-order valence-electron chi connectivity index (χ0n) is 33.7. The van der Waals surface area contributed by atoms with Gasteiger partial charge in [0.05, 0.1) is 18.8 Å². The minimum absolute atomic E-state index is 0.00194. The first-order valence-corrected chi connectivity index (χ1v) is 20.8. The molecule has 3 aromatic carbocycles. The number of likely N-dealkylation sites (tertiary alicyclic amines) is 1. The van der Waals surface area contributed by atoms with Gasteiger partial charge in [0.2, 0.25) is 17.7 Å². The van der Waals surface area contributed by atoms with Crippen molar-refractivity contribution < 1.29 is 24.0 Å². The SMILES string of the molecule is CC(C)C[C@@H](NC(=O)[C@H](CC(=O)[C@H](N)Cc1ccccc1)Cc1ccccc1)C(=O)C[C@H](CCCCN)C(=O)N1CCC(C2C(=O)NCN2c2ccccc2)CC1. The maximum atomic E-state index is 14.2. The third-order valence-electron chi connectivity index (χ3n) is 11.5. The third-order valence-corrected chi connectivity index (χ3v) is 11.5. The van der Waals surface area contributed by atoms with Crippen LogP contribution in [0.4, 0.5) is 5.69 Å². The lowest BCUT2D eigenvalue weighted by Crippen LogP contribution is -2.49. The number of hydrogen-bond acceptors (Lipinski definition) is 8. The molecule has 0 radical (unpaired) electrons. The highest BCUT2D eigenvalue weighted by Gasteiger charge is 2.41. The van der Waals surface area contributed by atoms with Crippen molar-refractivity contribution in [3.63, 3.8) is 0 Å². The van der Waals surface area contributed by atoms with Crippen molar-refractivity contribution in [1.29, 1.82) is 0 Å². The van der Waals surface area contributed by atoms with Gasteiger partial charge in [-0.3, -0.25) is 24.0 Å². The fraction of sp³-hybridized carbons (Fsp3) is 0.500. The molecule has 5 rings (SSSR count). The van der Waals surface area contributed by atoms with E-state index in [9.17, 15) is 24.0 Å². The van der Waals surface area contributed by atoms with E-state index < -0.39 is 23.9 Å². The van der Waals surface area contributed by atoms with Crippen molar-refractivity contribution in [2.24, 2.45) is 35.1 Å². The molecule has 3 amide bonds. The van der Waals surface area contributed by atoms with Gasteiger partial charge in [-0.25, -0.2) is 0 Å². The summed E-state index contributed by atoms with van der Waals surface area (Å²) in [5.41, 5.74) is 15.1. The van der Waals surface area contributed by atoms with Gasteiger partial charge in [0, 0.05) is 43.5 Å². The first-order chi connectivity index (χ1) is 27.5. The monoisotopic (exact) mass is 778 g/mol. The molecule has 2 aliphatic heterocycles. The molecule has 0 bridgehead atoms. The second kappa shape index (κ2) is 21.6. The summed E-state index contributed by atoms with van der Waals surface area (Å²) in [5.74, 6) is -1.94. The minimum atomic E-state index is -0.815. The molecular weight excluding hydrogens is 717 g/mol. The van der Waals surface area contributed by atoms with Crippen molar-refractivity contribution in [3.05, 3.63) is 102 Å². The number of carbonyl (C=O) groups excluding carboxylic acids is 5. The fourth-order valence-electron chi connectivity index (χ4n) is 8.34. The van der Waals surface area contributed by atoms with E-state index in [1.165, 1.54) is 0 Å². The molecule has 2 fully saturated rings. The third kappa shape index (κ3) is 12.6. The van der Waals surface area contributed by atoms with Gasteiger partial charge in [-0.2, -0.15) is 0 Å². The predicted molar refractivity (Wildman–Crippen MR) is 224 cm³/mol. The number of para-hydroxylation sites is 1. The van der Waals surface area contributed by atoms with Crippen LogP contribution in [0.2, 0.25) is 0 Å². The van der Waals surface area contributed by atoms with Crippen LogP contribution >= 0.6 is 0 Å². The molecule has 5 atom stereocenters. The van der Waals surface area contributed by atoms with E-state index in [0.717, 1.165) is 23.2 Å². The van der Waals surface area contributed by atoms with Gasteiger partial charge in [-0.05, 0) is 86.6 Å². The van der Waals surface area contributed by atoms with E-state index in [0.29, 0.717) is 71.2 Å². The molecule has 57 heavy (non-hydrogen) atoms. The quantitative estimate of drug-likeness (QED) is 0.112. The number of amides is 3. The molecule has 0 spiro atoms. The number of carbonyl (C=O) groups is 5. The van der Waals surface area contributed by atoms with E-state index in [2.05, 4.69) is 15.5 Å². The standard InChI is InChI=1S/C46H62N6O5/c1-32(2)26-40(50-44(55)37(27-33-14-6-3-7-15-33)30-41(53)39(48)28-34-16-8-4-9-17-34)42(54)29-36(18-12-13-23-47)46(57)51-24-21-35(22-25-51)43-45(56)49-31-52(43)38-19-10-5-11-20-38/h3-11,14-17,19-20,32,35-37,39-40,43H,12-13,18,21-31,47-48H2,1-2H3,(H,49,56)(H,50,55)/t36-,37-,39+,40+,43?/m0/s1. The molecule has 2 heterocycles. The first kappa shape index (κ1) is 43.3. The van der Waals surface area contributed by atoms with E-state index in [-0.39, 0.29) is 60.0 Å². The Morgan fingerprint density at radius 2 is 1.37 bits per heavy atom. The number of benzene rings is 3. The molecule has 2 aliphatic rings. The summed E-state index contributed by atoms with van der Waals surface area (Å²) >= 11 is 0. The zero-order valence-corrected chi connectivity index (χ0v) is 33.7. The molecular formula is C46H62N6O5. The van der Waals surface area contributed by atoms with Crippen LogP contribution in [0.25, 0.3) is 0 Å². The van der Waals surface area contributed by atoms with E-state index in [4.69, 9.17) is 11.5 Å². The Kier molecular flexibility index (Phi) is 16.4. The van der Waals surface area contributed by atoms with Crippen LogP contribution in [0.1, 0.15) is 76.3 Å². The number of rotatable bonds is 21. The molecule has 2 saturated heterocycles. The maximum Gasteiger partial charge on any atom is 0.244 e. The van der Waals surface area contributed by atoms with Gasteiger partial charge < -0.3 is 31.9 Å². The predicted octanol–water partition coefficient (Wildman–Crippen LogP) is 4.81. The molecule has 306 valence electrons. The number of anilines is 1. The topological polar surface area (TPSA) is 168 Å². The Morgan fingerprint density at radius 1 is 0.789 bits per heavy atom. The Hall–Kier alpha value is -4.87. The summed E-state index contributed by atoms with van der Waals surface area (Å²) in [6.07, 6.45) is 4.35. The summed E-state index contributed by atoms with van der Waals surface area (Å²) < 4.78 is 0. The van der Waals surface area contributed by atoms with E-state index in [1.54, 1.807) is 0 Å². The van der Waals surface area contributed by atoms with Crippen LogP contribution in [-0.4, -0.2) is 78.6 Å². The second-order valence-electron chi connectivity index (χ2n) is 16.3. The molecule has 0 aliphatic carbocycles. The Labute approximate surface area is 338 Å². The van der Waals surface area contributed by atoms with Crippen molar-refractivity contribution in [3.8, 4) is 0 Å². The highest BCUT2D eigenvalue weighted by Crippen LogP contribution is 2.31. The average Bonchev–Trinajstić information content (AvgIpc) is 3.61. The Balaban J connectivity index is 1.26. The molecule has 6 N–H and O–H groups in total. The van der Waals surface area contributed by atoms with Crippen LogP contribution in [0.15, 0.2) is 91.0 Å². The van der Waals surface area contributed by atoms with Gasteiger partial charge in [0.1, 0.15) is 6.04 Å². The molecule has 3 aromatic rings. The Morgan fingerprint density at radius 3 is 1.96 bits per heavy atom. The second-order valence-corrected chi connectivity index (χ2v) is 16.3. The van der Waals surface area contributed by atoms with Crippen LogP contribution in [0.3, 0.4) is 0 Å². The number of nitrogens with zero attached hydrogens (tertiary/aromatic N) is 2. The number of Topliss-reactive ketones (excluding diaryl/α,β-unsaturated/α-hetero) is 2. The summed E-state index contributed by atoms with van der Waals surface area (Å²) in [7, 11) is 0. The first-order valence-electron chi connectivity index (χ1n) is 20.8. The lowest BCUT2D eigenvalue weighted by molar-refractivity contribution is -0.140. The molecule has 0 saturated carbocycles. The van der Waals surface area contributed by atoms with Crippen LogP contribution in [0, 0.1) is 23.7 Å². The van der Waals surface area contributed by atoms with Gasteiger partial charge in [-0.1, -0.05) is 99.1 Å². The summed E-state index contributed by atoms with van der Waals surface area (Å²) in [6, 6.07) is 27.1. The summed E-state index contributed by atoms with van der Waals surface area (Å²) in [6.45, 7) is 5.95. The summed E-state index contributed by atoms with van der Waals surface area (Å²) in [5, 5.41) is 6.05. The van der Waals surface area contributed by atoms with Crippen LogP contribution in [0.5, 0.6) is 0 Å². The van der Waals surface area contributed by atoms with Crippen molar-refractivity contribution in [1.82, 2.24) is 15.5 Å². The summed E-state index contributed by atoms with van der Waals surface area (Å²) in [4.78, 5) is 73.1. The van der Waals surface area contributed by atoms with Crippen molar-refractivity contribution in [2.75, 3.05) is 31.2 Å². The number of nitrogens with one attached hydrogen (secondary N) is 2. The van der Waals surface area contributed by atoms with Crippen molar-refractivity contribution >= 4 is 35.0 Å². The van der Waals surface area contributed by atoms with Gasteiger partial charge >= 0.3 is 0 Å². The lowest BCUT2D eigenvalue weighted by atomic mass is 9.86. The minimum Gasteiger partial charge on any atom is -0.346 e. The number of ketones is 2. The molecule has 1 unspecified atom stereocenters.